The molecule has 0 heterocycles. The van der Waals surface area contributed by atoms with Crippen LogP contribution in [0, 0.1) is 6.92 Å². The number of nitrogen functional groups attached to an aromatic ring is 1. The Morgan fingerprint density at radius 3 is 2.30 bits per heavy atom. The lowest BCUT2D eigenvalue weighted by atomic mass is 10.1. The van der Waals surface area contributed by atoms with E-state index in [0.29, 0.717) is 30.0 Å². The molecule has 0 aliphatic carbocycles. The molecule has 20 heavy (non-hydrogen) atoms. The Labute approximate surface area is 120 Å². The fourth-order valence-corrected chi connectivity index (χ4v) is 2.98. The van der Waals surface area contributed by atoms with Crippen molar-refractivity contribution < 1.29 is 13.5 Å². The maximum atomic E-state index is 11.6. The summed E-state index contributed by atoms with van der Waals surface area (Å²) in [5, 5.41) is 15.2. The minimum absolute atomic E-state index is 0.0155. The first-order chi connectivity index (χ1) is 8.95. The van der Waals surface area contributed by atoms with Crippen LogP contribution in [0.5, 0.6) is 0 Å². The number of primary sulfonamides is 1. The Balaban J connectivity index is 3.41. The summed E-state index contributed by atoms with van der Waals surface area (Å²) in [6, 6.07) is 3.05. The Morgan fingerprint density at radius 1 is 1.35 bits per heavy atom. The molecule has 7 heteroatoms. The van der Waals surface area contributed by atoms with Crippen LogP contribution in [0.15, 0.2) is 17.0 Å². The molecule has 5 N–H and O–H groups in total. The third-order valence-corrected chi connectivity index (χ3v) is 4.00. The third kappa shape index (κ3) is 4.09. The zero-order valence-corrected chi connectivity index (χ0v) is 13.2. The fourth-order valence-electron chi connectivity index (χ4n) is 2.15. The smallest absolute Gasteiger partial charge is 0.238 e. The highest BCUT2D eigenvalue weighted by Gasteiger charge is 2.22. The van der Waals surface area contributed by atoms with Crippen molar-refractivity contribution in [2.24, 2.45) is 5.14 Å². The van der Waals surface area contributed by atoms with Crippen molar-refractivity contribution in [3.8, 4) is 0 Å². The third-order valence-electron chi connectivity index (χ3n) is 2.96. The van der Waals surface area contributed by atoms with Gasteiger partial charge in [0.1, 0.15) is 0 Å². The van der Waals surface area contributed by atoms with Gasteiger partial charge >= 0.3 is 0 Å². The highest BCUT2D eigenvalue weighted by molar-refractivity contribution is 7.89. The van der Waals surface area contributed by atoms with Crippen molar-refractivity contribution in [3.05, 3.63) is 17.7 Å². The van der Waals surface area contributed by atoms with E-state index in [2.05, 4.69) is 0 Å². The van der Waals surface area contributed by atoms with Crippen LogP contribution in [0.4, 0.5) is 11.4 Å². The predicted molar refractivity (Wildman–Crippen MR) is 81.1 cm³/mol. The van der Waals surface area contributed by atoms with Gasteiger partial charge < -0.3 is 15.7 Å². The molecule has 0 fully saturated rings. The topological polar surface area (TPSA) is 110 Å². The summed E-state index contributed by atoms with van der Waals surface area (Å²) >= 11 is 0. The van der Waals surface area contributed by atoms with Crippen LogP contribution in [0.1, 0.15) is 26.3 Å². The maximum absolute atomic E-state index is 11.6. The van der Waals surface area contributed by atoms with Crippen LogP contribution in [-0.4, -0.2) is 32.2 Å². The largest absolute Gasteiger partial charge is 0.399 e. The molecule has 0 bridgehead atoms. The van der Waals surface area contributed by atoms with Crippen molar-refractivity contribution in [1.29, 1.82) is 0 Å². The Hall–Kier alpha value is -1.31. The van der Waals surface area contributed by atoms with Gasteiger partial charge in [-0.05, 0) is 45.4 Å². The Kier molecular flexibility index (Phi) is 4.68. The number of anilines is 2. The van der Waals surface area contributed by atoms with Crippen LogP contribution >= 0.6 is 0 Å². The van der Waals surface area contributed by atoms with Crippen molar-refractivity contribution in [3.63, 3.8) is 0 Å². The van der Waals surface area contributed by atoms with E-state index in [-0.39, 0.29) is 4.90 Å². The van der Waals surface area contributed by atoms with Gasteiger partial charge in [-0.2, -0.15) is 0 Å². The van der Waals surface area contributed by atoms with Crippen LogP contribution < -0.4 is 15.8 Å². The molecule has 0 amide bonds. The zero-order valence-electron chi connectivity index (χ0n) is 12.3. The second-order valence-corrected chi connectivity index (χ2v) is 7.06. The molecule has 0 saturated carbocycles. The highest BCUT2D eigenvalue weighted by atomic mass is 32.2. The number of hydrogen-bond acceptors (Lipinski definition) is 5. The van der Waals surface area contributed by atoms with Crippen molar-refractivity contribution in [2.45, 2.75) is 38.2 Å². The molecule has 6 nitrogen and oxygen atoms in total. The number of likely N-dealkylation sites (N-methyl/N-ethyl adjacent to an activating group) is 1. The second-order valence-electron chi connectivity index (χ2n) is 5.53. The average Bonchev–Trinajstić information content (AvgIpc) is 2.26. The van der Waals surface area contributed by atoms with E-state index in [9.17, 15) is 13.5 Å². The van der Waals surface area contributed by atoms with E-state index < -0.39 is 15.6 Å². The molecule has 0 saturated heterocycles. The molecular formula is C13H23N3O3S. The molecule has 1 aromatic rings. The summed E-state index contributed by atoms with van der Waals surface area (Å²) in [5.41, 5.74) is 6.39. The maximum Gasteiger partial charge on any atom is 0.238 e. The molecular weight excluding hydrogens is 278 g/mol. The Morgan fingerprint density at radius 2 is 1.90 bits per heavy atom. The standard InChI is InChI=1S/C13H23N3O3S/c1-5-16(8-13(3,4)17)11-6-10(14)7-12(9(11)2)20(15,18)19/h6-7,17H,5,8,14H2,1-4H3,(H2,15,18,19). The van der Waals surface area contributed by atoms with Crippen LogP contribution in [-0.2, 0) is 10.0 Å². The van der Waals surface area contributed by atoms with Crippen LogP contribution in [0.3, 0.4) is 0 Å². The zero-order chi connectivity index (χ0) is 15.7. The number of nitrogens with two attached hydrogens (primary N) is 2. The summed E-state index contributed by atoms with van der Waals surface area (Å²) in [7, 11) is -3.83. The van der Waals surface area contributed by atoms with E-state index >= 15 is 0 Å². The lowest BCUT2D eigenvalue weighted by Crippen LogP contribution is -2.39. The Bertz CT molecular complexity index is 592. The first-order valence-corrected chi connectivity index (χ1v) is 7.90. The van der Waals surface area contributed by atoms with E-state index in [1.54, 1.807) is 26.8 Å². The normalized spacial score (nSPS) is 12.5. The van der Waals surface area contributed by atoms with Gasteiger partial charge in [-0.3, -0.25) is 0 Å². The molecule has 0 aliphatic heterocycles. The lowest BCUT2D eigenvalue weighted by molar-refractivity contribution is 0.0875. The quantitative estimate of drug-likeness (QED) is 0.698. The number of hydrogen-bond donors (Lipinski definition) is 3. The number of nitrogens with zero attached hydrogens (tertiary/aromatic N) is 1. The SMILES string of the molecule is CCN(CC(C)(C)O)c1cc(N)cc(S(N)(=O)=O)c1C. The minimum Gasteiger partial charge on any atom is -0.399 e. The van der Waals surface area contributed by atoms with Gasteiger partial charge in [-0.25, -0.2) is 13.6 Å². The first kappa shape index (κ1) is 16.7. The van der Waals surface area contributed by atoms with Crippen molar-refractivity contribution in [2.75, 3.05) is 23.7 Å². The molecule has 0 spiro atoms. The summed E-state index contributed by atoms with van der Waals surface area (Å²) in [6.07, 6.45) is 0. The summed E-state index contributed by atoms with van der Waals surface area (Å²) in [4.78, 5) is 1.89. The van der Waals surface area contributed by atoms with E-state index in [4.69, 9.17) is 10.9 Å². The predicted octanol–water partition coefficient (Wildman–Crippen LogP) is 0.822. The fraction of sp³-hybridized carbons (Fsp3) is 0.538. The first-order valence-electron chi connectivity index (χ1n) is 6.36. The number of aliphatic hydroxyl groups is 1. The van der Waals surface area contributed by atoms with Crippen LogP contribution in [0.25, 0.3) is 0 Å². The van der Waals surface area contributed by atoms with Gasteiger partial charge in [0.2, 0.25) is 10.0 Å². The van der Waals surface area contributed by atoms with E-state index in [1.807, 2.05) is 11.8 Å². The van der Waals surface area contributed by atoms with Gasteiger partial charge in [0.05, 0.1) is 10.5 Å². The second kappa shape index (κ2) is 5.59. The van der Waals surface area contributed by atoms with Gasteiger partial charge in [-0.15, -0.1) is 0 Å². The molecule has 114 valence electrons. The van der Waals surface area contributed by atoms with Gasteiger partial charge in [0.25, 0.3) is 0 Å². The minimum atomic E-state index is -3.83. The molecule has 1 aromatic carbocycles. The number of benzene rings is 1. The highest BCUT2D eigenvalue weighted by Crippen LogP contribution is 2.29. The summed E-state index contributed by atoms with van der Waals surface area (Å²) < 4.78 is 23.2. The average molecular weight is 301 g/mol. The van der Waals surface area contributed by atoms with Gasteiger partial charge in [0.15, 0.2) is 0 Å². The molecule has 0 unspecified atom stereocenters. The molecule has 0 atom stereocenters. The van der Waals surface area contributed by atoms with E-state index in [0.717, 1.165) is 0 Å². The molecule has 0 aromatic heterocycles. The molecule has 0 radical (unpaired) electrons. The van der Waals surface area contributed by atoms with Crippen molar-refractivity contribution in [1.82, 2.24) is 0 Å². The molecule has 1 rings (SSSR count). The lowest BCUT2D eigenvalue weighted by Gasteiger charge is -2.31. The number of rotatable bonds is 5. The van der Waals surface area contributed by atoms with Crippen molar-refractivity contribution >= 4 is 21.4 Å². The summed E-state index contributed by atoms with van der Waals surface area (Å²) in [5.74, 6) is 0. The number of sulfonamides is 1. The monoisotopic (exact) mass is 301 g/mol. The molecule has 0 aliphatic rings. The summed E-state index contributed by atoms with van der Waals surface area (Å²) in [6.45, 7) is 7.96. The van der Waals surface area contributed by atoms with Crippen LogP contribution in [0.2, 0.25) is 0 Å². The van der Waals surface area contributed by atoms with Gasteiger partial charge in [0, 0.05) is 24.5 Å². The van der Waals surface area contributed by atoms with E-state index in [1.165, 1.54) is 6.07 Å². The van der Waals surface area contributed by atoms with Gasteiger partial charge in [-0.1, -0.05) is 0 Å².